The molecule has 5 rings (SSSR count). The number of anilines is 2. The van der Waals surface area contributed by atoms with Crippen molar-refractivity contribution in [1.29, 1.82) is 0 Å². The number of para-hydroxylation sites is 2. The quantitative estimate of drug-likeness (QED) is 0.261. The number of carbonyl (C=O) groups is 1. The van der Waals surface area contributed by atoms with Crippen molar-refractivity contribution in [3.63, 3.8) is 0 Å². The van der Waals surface area contributed by atoms with E-state index in [-0.39, 0.29) is 5.91 Å². The number of hydrogen-bond donors (Lipinski definition) is 2. The molecule has 0 spiro atoms. The molecule has 1 saturated heterocycles. The number of benzene rings is 3. The molecular weight excluding hydrogens is 446 g/mol. The van der Waals surface area contributed by atoms with Crippen LogP contribution in [0.4, 0.5) is 17.1 Å². The summed E-state index contributed by atoms with van der Waals surface area (Å²) >= 11 is 0. The van der Waals surface area contributed by atoms with Crippen LogP contribution in [0, 0.1) is 6.57 Å². The van der Waals surface area contributed by atoms with Crippen molar-refractivity contribution in [2.75, 3.05) is 24.1 Å². The van der Waals surface area contributed by atoms with Crippen molar-refractivity contribution in [2.24, 2.45) is 0 Å². The van der Waals surface area contributed by atoms with Gasteiger partial charge < -0.3 is 11.1 Å². The zero-order chi connectivity index (χ0) is 24.9. The maximum Gasteiger partial charge on any atom is 0.255 e. The van der Waals surface area contributed by atoms with Crippen LogP contribution in [0.5, 0.6) is 0 Å². The zero-order valence-corrected chi connectivity index (χ0v) is 19.9. The van der Waals surface area contributed by atoms with Gasteiger partial charge in [-0.3, -0.25) is 14.7 Å². The standard InChI is InChI=1S/C30H27N5O/c1-32-28-17-21(19-35-16-15-25(20-35)22-7-3-2-4-8-22)18-33-29(28)23-11-13-24(14-12-23)30(36)34-27-10-6-5-9-26(27)31/h2-14,17-18,25H,15-16,19-20,31H2,(H,34,36). The monoisotopic (exact) mass is 473 g/mol. The minimum atomic E-state index is -0.243. The molecule has 0 bridgehead atoms. The maximum atomic E-state index is 12.6. The van der Waals surface area contributed by atoms with Crippen LogP contribution >= 0.6 is 0 Å². The van der Waals surface area contributed by atoms with Crippen molar-refractivity contribution in [1.82, 2.24) is 9.88 Å². The zero-order valence-electron chi connectivity index (χ0n) is 19.9. The number of carbonyl (C=O) groups excluding carboxylic acids is 1. The lowest BCUT2D eigenvalue weighted by Crippen LogP contribution is -2.19. The van der Waals surface area contributed by atoms with Gasteiger partial charge in [0, 0.05) is 24.8 Å². The van der Waals surface area contributed by atoms with Gasteiger partial charge in [-0.2, -0.15) is 0 Å². The third-order valence-electron chi connectivity index (χ3n) is 6.62. The fourth-order valence-electron chi connectivity index (χ4n) is 4.71. The Bertz CT molecular complexity index is 1410. The first-order valence-electron chi connectivity index (χ1n) is 12.0. The fraction of sp³-hybridized carbons (Fsp3) is 0.167. The molecule has 1 aliphatic heterocycles. The molecule has 3 aromatic carbocycles. The Morgan fingerprint density at radius 2 is 1.81 bits per heavy atom. The molecule has 4 aromatic rings. The molecule has 178 valence electrons. The highest BCUT2D eigenvalue weighted by Gasteiger charge is 2.24. The fourth-order valence-corrected chi connectivity index (χ4v) is 4.71. The topological polar surface area (TPSA) is 75.6 Å². The van der Waals surface area contributed by atoms with Gasteiger partial charge in [0.1, 0.15) is 0 Å². The summed E-state index contributed by atoms with van der Waals surface area (Å²) in [6.45, 7) is 10.5. The average Bonchev–Trinajstić information content (AvgIpc) is 3.39. The summed E-state index contributed by atoms with van der Waals surface area (Å²) in [5, 5.41) is 2.83. The first-order chi connectivity index (χ1) is 17.6. The summed E-state index contributed by atoms with van der Waals surface area (Å²) in [4.78, 5) is 23.4. The van der Waals surface area contributed by atoms with Crippen LogP contribution in [0.2, 0.25) is 0 Å². The van der Waals surface area contributed by atoms with Crippen molar-refractivity contribution >= 4 is 23.0 Å². The minimum Gasteiger partial charge on any atom is -0.397 e. The second-order valence-corrected chi connectivity index (χ2v) is 9.07. The van der Waals surface area contributed by atoms with Gasteiger partial charge in [0.05, 0.1) is 23.6 Å². The predicted molar refractivity (Wildman–Crippen MR) is 144 cm³/mol. The van der Waals surface area contributed by atoms with E-state index in [0.717, 1.165) is 37.2 Å². The lowest BCUT2D eigenvalue weighted by molar-refractivity contribution is 0.102. The summed E-state index contributed by atoms with van der Waals surface area (Å²) in [5.41, 5.74) is 11.9. The van der Waals surface area contributed by atoms with E-state index in [1.165, 1.54) is 5.56 Å². The van der Waals surface area contributed by atoms with Crippen LogP contribution in [0.15, 0.2) is 91.1 Å². The number of pyridine rings is 1. The van der Waals surface area contributed by atoms with Gasteiger partial charge in [-0.1, -0.05) is 54.6 Å². The van der Waals surface area contributed by atoms with Crippen molar-refractivity contribution in [3.8, 4) is 11.3 Å². The number of hydrogen-bond acceptors (Lipinski definition) is 4. The highest BCUT2D eigenvalue weighted by molar-refractivity contribution is 6.06. The number of rotatable bonds is 6. The Morgan fingerprint density at radius 1 is 1.06 bits per heavy atom. The highest BCUT2D eigenvalue weighted by Crippen LogP contribution is 2.32. The van der Waals surface area contributed by atoms with Crippen LogP contribution in [-0.4, -0.2) is 28.9 Å². The number of nitrogens with one attached hydrogen (secondary N) is 1. The molecule has 1 unspecified atom stereocenters. The number of nitrogens with two attached hydrogens (primary N) is 1. The Hall–Kier alpha value is -4.47. The summed E-state index contributed by atoms with van der Waals surface area (Å²) in [5.74, 6) is 0.306. The van der Waals surface area contributed by atoms with Gasteiger partial charge in [-0.25, -0.2) is 4.85 Å². The summed E-state index contributed by atoms with van der Waals surface area (Å²) in [7, 11) is 0. The van der Waals surface area contributed by atoms with E-state index < -0.39 is 0 Å². The Kier molecular flexibility index (Phi) is 6.74. The van der Waals surface area contributed by atoms with Gasteiger partial charge in [-0.15, -0.1) is 0 Å². The van der Waals surface area contributed by atoms with E-state index in [9.17, 15) is 4.79 Å². The Morgan fingerprint density at radius 3 is 2.56 bits per heavy atom. The molecule has 1 amide bonds. The van der Waals surface area contributed by atoms with E-state index in [1.54, 1.807) is 24.3 Å². The molecule has 1 aromatic heterocycles. The number of aromatic nitrogens is 1. The molecule has 1 fully saturated rings. The number of amides is 1. The van der Waals surface area contributed by atoms with E-state index in [0.29, 0.717) is 34.2 Å². The molecular formula is C30H27N5O. The van der Waals surface area contributed by atoms with Crippen LogP contribution in [0.3, 0.4) is 0 Å². The normalized spacial score (nSPS) is 15.4. The number of likely N-dealkylation sites (tertiary alicyclic amines) is 1. The summed E-state index contributed by atoms with van der Waals surface area (Å²) in [6.07, 6.45) is 3.00. The highest BCUT2D eigenvalue weighted by atomic mass is 16.1. The molecule has 6 heteroatoms. The second kappa shape index (κ2) is 10.4. The van der Waals surface area contributed by atoms with Crippen molar-refractivity contribution in [3.05, 3.63) is 119 Å². The van der Waals surface area contributed by atoms with Crippen LogP contribution in [0.25, 0.3) is 16.1 Å². The van der Waals surface area contributed by atoms with Crippen LogP contribution in [-0.2, 0) is 6.54 Å². The number of nitrogen functional groups attached to an aromatic ring is 1. The van der Waals surface area contributed by atoms with Crippen LogP contribution in [0.1, 0.15) is 33.8 Å². The Labute approximate surface area is 211 Å². The summed E-state index contributed by atoms with van der Waals surface area (Å²) in [6, 6.07) is 26.9. The smallest absolute Gasteiger partial charge is 0.255 e. The molecule has 0 radical (unpaired) electrons. The molecule has 1 atom stereocenters. The van der Waals surface area contributed by atoms with Crippen LogP contribution < -0.4 is 11.1 Å². The molecule has 1 aliphatic rings. The molecule has 6 nitrogen and oxygen atoms in total. The summed E-state index contributed by atoms with van der Waals surface area (Å²) < 4.78 is 0. The molecule has 2 heterocycles. The molecule has 36 heavy (non-hydrogen) atoms. The number of nitrogens with zero attached hydrogens (tertiary/aromatic N) is 3. The van der Waals surface area contributed by atoms with E-state index in [1.807, 2.05) is 36.5 Å². The maximum absolute atomic E-state index is 12.6. The van der Waals surface area contributed by atoms with Crippen molar-refractivity contribution in [2.45, 2.75) is 18.9 Å². The third kappa shape index (κ3) is 5.12. The Balaban J connectivity index is 1.27. The van der Waals surface area contributed by atoms with E-state index >= 15 is 0 Å². The first-order valence-corrected chi connectivity index (χ1v) is 12.0. The lowest BCUT2D eigenvalue weighted by atomic mass is 9.99. The average molecular weight is 474 g/mol. The largest absolute Gasteiger partial charge is 0.397 e. The predicted octanol–water partition coefficient (Wildman–Crippen LogP) is 6.12. The lowest BCUT2D eigenvalue weighted by Gasteiger charge is -2.17. The molecule has 3 N–H and O–H groups in total. The van der Waals surface area contributed by atoms with Gasteiger partial charge in [-0.05, 0) is 65.9 Å². The minimum absolute atomic E-state index is 0.243. The van der Waals surface area contributed by atoms with Crippen molar-refractivity contribution < 1.29 is 4.79 Å². The van der Waals surface area contributed by atoms with Gasteiger partial charge >= 0.3 is 0 Å². The molecule has 0 aliphatic carbocycles. The SMILES string of the molecule is [C-]#[N+]c1cc(CN2CCC(c3ccccc3)C2)cnc1-c1ccc(C(=O)Nc2ccccc2N)cc1. The third-order valence-corrected chi connectivity index (χ3v) is 6.62. The molecule has 0 saturated carbocycles. The van der Waals surface area contributed by atoms with Gasteiger partial charge in [0.15, 0.2) is 0 Å². The van der Waals surface area contributed by atoms with E-state index in [2.05, 4.69) is 50.4 Å². The first kappa shape index (κ1) is 23.3. The van der Waals surface area contributed by atoms with E-state index in [4.69, 9.17) is 12.3 Å². The van der Waals surface area contributed by atoms with Gasteiger partial charge in [0.2, 0.25) is 5.69 Å². The second-order valence-electron chi connectivity index (χ2n) is 9.07. The van der Waals surface area contributed by atoms with Gasteiger partial charge in [0.25, 0.3) is 5.91 Å².